The molecule has 0 radical (unpaired) electrons. The van der Waals surface area contributed by atoms with Crippen LogP contribution in [0.3, 0.4) is 0 Å². The topological polar surface area (TPSA) is 72.9 Å². The maximum absolute atomic E-state index is 12.4. The van der Waals surface area contributed by atoms with Crippen molar-refractivity contribution in [2.45, 2.75) is 12.5 Å². The molecule has 1 atom stereocenters. The Balaban J connectivity index is 1.68. The molecule has 0 unspecified atom stereocenters. The van der Waals surface area contributed by atoms with E-state index >= 15 is 0 Å². The molecule has 1 fully saturated rings. The van der Waals surface area contributed by atoms with Crippen LogP contribution >= 0.6 is 0 Å². The summed E-state index contributed by atoms with van der Waals surface area (Å²) in [6.45, 7) is 2.83. The Morgan fingerprint density at radius 1 is 1.08 bits per heavy atom. The van der Waals surface area contributed by atoms with Crippen molar-refractivity contribution in [3.8, 4) is 0 Å². The number of likely N-dealkylation sites (N-methyl/N-ethyl adjacent to an activating group) is 1. The van der Waals surface area contributed by atoms with Crippen LogP contribution < -0.4 is 5.32 Å². The number of carbonyl (C=O) groups is 2. The molecule has 132 valence electrons. The summed E-state index contributed by atoms with van der Waals surface area (Å²) in [4.78, 5) is 27.8. The number of nitrogens with zero attached hydrogens (tertiary/aromatic N) is 2. The van der Waals surface area contributed by atoms with E-state index in [1.54, 1.807) is 4.90 Å². The highest BCUT2D eigenvalue weighted by atomic mass is 16.4. The lowest BCUT2D eigenvalue weighted by molar-refractivity contribution is -0.139. The minimum atomic E-state index is -1.02. The van der Waals surface area contributed by atoms with E-state index in [9.17, 15) is 14.7 Å². The first-order valence-electron chi connectivity index (χ1n) is 8.47. The van der Waals surface area contributed by atoms with Crippen LogP contribution in [0.25, 0.3) is 10.8 Å². The summed E-state index contributed by atoms with van der Waals surface area (Å²) in [5, 5.41) is 14.3. The lowest BCUT2D eigenvalue weighted by Crippen LogP contribution is -2.54. The molecule has 0 saturated carbocycles. The van der Waals surface area contributed by atoms with Crippen LogP contribution in [0, 0.1) is 0 Å². The highest BCUT2D eigenvalue weighted by molar-refractivity contribution is 5.85. The van der Waals surface area contributed by atoms with Gasteiger partial charge in [-0.15, -0.1) is 0 Å². The fourth-order valence-corrected chi connectivity index (χ4v) is 3.05. The van der Waals surface area contributed by atoms with Crippen LogP contribution in [-0.4, -0.2) is 66.2 Å². The standard InChI is InChI=1S/C19H23N3O3/c1-21-8-10-22(11-9-21)19(25)20-17(18(23)24)13-14-6-7-15-4-2-3-5-16(15)12-14/h2-7,12,17H,8-11,13H2,1H3,(H,20,25)(H,23,24)/t17-/m0/s1. The number of hydrogen-bond donors (Lipinski definition) is 2. The molecule has 1 heterocycles. The van der Waals surface area contributed by atoms with E-state index in [0.29, 0.717) is 13.1 Å². The number of carboxylic acid groups (broad SMARTS) is 1. The molecule has 25 heavy (non-hydrogen) atoms. The molecule has 2 amide bonds. The Hall–Kier alpha value is -2.60. The number of hydrogen-bond acceptors (Lipinski definition) is 3. The summed E-state index contributed by atoms with van der Waals surface area (Å²) in [7, 11) is 2.01. The number of benzene rings is 2. The second kappa shape index (κ2) is 7.53. The summed E-state index contributed by atoms with van der Waals surface area (Å²) in [5.74, 6) is -1.02. The van der Waals surface area contributed by atoms with Crippen LogP contribution in [-0.2, 0) is 11.2 Å². The van der Waals surface area contributed by atoms with Gasteiger partial charge in [-0.3, -0.25) is 0 Å². The molecular weight excluding hydrogens is 318 g/mol. The Bertz CT molecular complexity index is 769. The van der Waals surface area contributed by atoms with Crippen molar-refractivity contribution in [1.82, 2.24) is 15.1 Å². The summed E-state index contributed by atoms with van der Waals surface area (Å²) < 4.78 is 0. The van der Waals surface area contributed by atoms with E-state index in [-0.39, 0.29) is 12.5 Å². The zero-order chi connectivity index (χ0) is 17.8. The summed E-state index contributed by atoms with van der Waals surface area (Å²) in [6.07, 6.45) is 0.264. The molecule has 0 aromatic heterocycles. The van der Waals surface area contributed by atoms with Crippen molar-refractivity contribution in [1.29, 1.82) is 0 Å². The van der Waals surface area contributed by atoms with Gasteiger partial charge in [0.1, 0.15) is 6.04 Å². The summed E-state index contributed by atoms with van der Waals surface area (Å²) in [5.41, 5.74) is 0.893. The van der Waals surface area contributed by atoms with Gasteiger partial charge in [0.2, 0.25) is 0 Å². The number of aliphatic carboxylic acids is 1. The van der Waals surface area contributed by atoms with Gasteiger partial charge in [-0.2, -0.15) is 0 Å². The summed E-state index contributed by atoms with van der Waals surface area (Å²) in [6, 6.07) is 12.6. The molecule has 2 aromatic carbocycles. The van der Waals surface area contributed by atoms with Crippen molar-refractivity contribution in [2.24, 2.45) is 0 Å². The zero-order valence-electron chi connectivity index (χ0n) is 14.3. The highest BCUT2D eigenvalue weighted by Gasteiger charge is 2.25. The average Bonchev–Trinajstić information content (AvgIpc) is 2.61. The smallest absolute Gasteiger partial charge is 0.326 e. The minimum absolute atomic E-state index is 0.264. The number of piperazine rings is 1. The number of carboxylic acids is 1. The van der Waals surface area contributed by atoms with Gasteiger partial charge in [0.05, 0.1) is 0 Å². The average molecular weight is 341 g/mol. The first kappa shape index (κ1) is 17.2. The van der Waals surface area contributed by atoms with Gasteiger partial charge in [-0.25, -0.2) is 9.59 Å². The van der Waals surface area contributed by atoms with E-state index in [2.05, 4.69) is 10.2 Å². The number of urea groups is 1. The molecule has 1 aliphatic heterocycles. The first-order valence-corrected chi connectivity index (χ1v) is 8.47. The van der Waals surface area contributed by atoms with Crippen LogP contribution in [0.15, 0.2) is 42.5 Å². The first-order chi connectivity index (χ1) is 12.0. The molecular formula is C19H23N3O3. The molecule has 0 spiro atoms. The molecule has 1 saturated heterocycles. The van der Waals surface area contributed by atoms with Crippen LogP contribution in [0.5, 0.6) is 0 Å². The maximum atomic E-state index is 12.4. The van der Waals surface area contributed by atoms with E-state index in [0.717, 1.165) is 29.4 Å². The Morgan fingerprint density at radius 2 is 1.76 bits per heavy atom. The molecule has 6 heteroatoms. The van der Waals surface area contributed by atoms with Gasteiger partial charge in [0, 0.05) is 32.6 Å². The number of nitrogens with one attached hydrogen (secondary N) is 1. The van der Waals surface area contributed by atoms with Gasteiger partial charge in [0.15, 0.2) is 0 Å². The van der Waals surface area contributed by atoms with Gasteiger partial charge < -0.3 is 20.2 Å². The third-order valence-corrected chi connectivity index (χ3v) is 4.64. The number of fused-ring (bicyclic) bond motifs is 1. The second-order valence-electron chi connectivity index (χ2n) is 6.52. The minimum Gasteiger partial charge on any atom is -0.480 e. The van der Waals surface area contributed by atoms with Gasteiger partial charge in [0.25, 0.3) is 0 Å². The van der Waals surface area contributed by atoms with Crippen molar-refractivity contribution >= 4 is 22.8 Å². The SMILES string of the molecule is CN1CCN(C(=O)N[C@@H](Cc2ccc3ccccc3c2)C(=O)O)CC1. The van der Waals surface area contributed by atoms with Crippen molar-refractivity contribution in [3.05, 3.63) is 48.0 Å². The maximum Gasteiger partial charge on any atom is 0.326 e. The molecule has 0 bridgehead atoms. The monoisotopic (exact) mass is 341 g/mol. The number of carbonyl (C=O) groups excluding carboxylic acids is 1. The third-order valence-electron chi connectivity index (χ3n) is 4.64. The van der Waals surface area contributed by atoms with E-state index in [1.807, 2.05) is 49.5 Å². The number of rotatable bonds is 4. The Kier molecular flexibility index (Phi) is 5.19. The lowest BCUT2D eigenvalue weighted by Gasteiger charge is -2.33. The number of amides is 2. The third kappa shape index (κ3) is 4.28. The lowest BCUT2D eigenvalue weighted by atomic mass is 10.0. The Morgan fingerprint density at radius 3 is 2.44 bits per heavy atom. The van der Waals surface area contributed by atoms with Crippen molar-refractivity contribution < 1.29 is 14.7 Å². The molecule has 2 N–H and O–H groups in total. The molecule has 6 nitrogen and oxygen atoms in total. The molecule has 1 aliphatic rings. The summed E-state index contributed by atoms with van der Waals surface area (Å²) >= 11 is 0. The quantitative estimate of drug-likeness (QED) is 0.889. The predicted octanol–water partition coefficient (Wildman–Crippen LogP) is 1.79. The fourth-order valence-electron chi connectivity index (χ4n) is 3.05. The Labute approximate surface area is 147 Å². The zero-order valence-corrected chi connectivity index (χ0v) is 14.3. The van der Waals surface area contributed by atoms with E-state index in [1.165, 1.54) is 0 Å². The largest absolute Gasteiger partial charge is 0.480 e. The molecule has 3 rings (SSSR count). The van der Waals surface area contributed by atoms with Crippen LogP contribution in [0.4, 0.5) is 4.79 Å². The van der Waals surface area contributed by atoms with Crippen molar-refractivity contribution in [3.63, 3.8) is 0 Å². The highest BCUT2D eigenvalue weighted by Crippen LogP contribution is 2.17. The van der Waals surface area contributed by atoms with Crippen molar-refractivity contribution in [2.75, 3.05) is 33.2 Å². The van der Waals surface area contributed by atoms with E-state index in [4.69, 9.17) is 0 Å². The second-order valence-corrected chi connectivity index (χ2v) is 6.52. The molecule has 0 aliphatic carbocycles. The van der Waals surface area contributed by atoms with E-state index < -0.39 is 12.0 Å². The van der Waals surface area contributed by atoms with Gasteiger partial charge >= 0.3 is 12.0 Å². The van der Waals surface area contributed by atoms with Crippen LogP contribution in [0.1, 0.15) is 5.56 Å². The van der Waals surface area contributed by atoms with Gasteiger partial charge in [-0.05, 0) is 23.4 Å². The fraction of sp³-hybridized carbons (Fsp3) is 0.368. The normalized spacial score (nSPS) is 16.6. The van der Waals surface area contributed by atoms with Gasteiger partial charge in [-0.1, -0.05) is 42.5 Å². The van der Waals surface area contributed by atoms with Crippen LogP contribution in [0.2, 0.25) is 0 Å². The predicted molar refractivity (Wildman–Crippen MR) is 96.7 cm³/mol. The molecule has 2 aromatic rings.